The summed E-state index contributed by atoms with van der Waals surface area (Å²) in [5.41, 5.74) is 3.32. The fourth-order valence-corrected chi connectivity index (χ4v) is 5.36. The van der Waals surface area contributed by atoms with Crippen LogP contribution < -0.4 is 14.2 Å². The fraction of sp³-hybridized carbons (Fsp3) is 0.379. The molecule has 1 fully saturated rings. The first-order valence-electron chi connectivity index (χ1n) is 12.0. The highest BCUT2D eigenvalue weighted by Gasteiger charge is 2.38. The minimum Gasteiger partial charge on any atom is -0.497 e. The van der Waals surface area contributed by atoms with E-state index >= 15 is 0 Å². The largest absolute Gasteiger partial charge is 0.497 e. The summed E-state index contributed by atoms with van der Waals surface area (Å²) in [4.78, 5) is 0. The highest BCUT2D eigenvalue weighted by molar-refractivity contribution is 8.00. The minimum absolute atomic E-state index is 0.0232. The van der Waals surface area contributed by atoms with Gasteiger partial charge in [0.1, 0.15) is 17.2 Å². The molecule has 1 saturated heterocycles. The Bertz CT molecular complexity index is 1040. The van der Waals surface area contributed by atoms with Crippen molar-refractivity contribution in [3.63, 3.8) is 0 Å². The zero-order valence-electron chi connectivity index (χ0n) is 21.1. The second kappa shape index (κ2) is 13.6. The predicted octanol–water partition coefficient (Wildman–Crippen LogP) is 5.52. The lowest BCUT2D eigenvalue weighted by Gasteiger charge is -2.25. The van der Waals surface area contributed by atoms with Crippen LogP contribution >= 0.6 is 11.8 Å². The number of hydrogen-bond acceptors (Lipinski definition) is 7. The van der Waals surface area contributed by atoms with Gasteiger partial charge in [0.15, 0.2) is 0 Å². The van der Waals surface area contributed by atoms with Gasteiger partial charge in [-0.2, -0.15) is 11.8 Å². The second-order valence-electron chi connectivity index (χ2n) is 8.56. The molecule has 1 aliphatic heterocycles. The number of ether oxygens (including phenoxy) is 6. The average Bonchev–Trinajstić information content (AvgIpc) is 3.33. The Kier molecular flexibility index (Phi) is 9.93. The summed E-state index contributed by atoms with van der Waals surface area (Å²) in [7, 11) is 5.01. The fourth-order valence-electron chi connectivity index (χ4n) is 4.00. The molecule has 1 aliphatic rings. The summed E-state index contributed by atoms with van der Waals surface area (Å²) < 4.78 is 34.6. The van der Waals surface area contributed by atoms with E-state index in [0.29, 0.717) is 26.4 Å². The van der Waals surface area contributed by atoms with Crippen molar-refractivity contribution in [2.24, 2.45) is 0 Å². The topological polar surface area (TPSA) is 55.4 Å². The maximum atomic E-state index is 6.44. The van der Waals surface area contributed by atoms with Crippen molar-refractivity contribution < 1.29 is 28.4 Å². The van der Waals surface area contributed by atoms with E-state index in [1.807, 2.05) is 84.6 Å². The van der Waals surface area contributed by atoms with Crippen LogP contribution in [0.2, 0.25) is 0 Å². The Balaban J connectivity index is 1.35. The van der Waals surface area contributed by atoms with Crippen molar-refractivity contribution in [2.75, 3.05) is 33.7 Å². The van der Waals surface area contributed by atoms with Crippen molar-refractivity contribution in [3.8, 4) is 17.2 Å². The Morgan fingerprint density at radius 2 is 1.06 bits per heavy atom. The van der Waals surface area contributed by atoms with E-state index in [-0.39, 0.29) is 17.5 Å². The standard InChI is InChI=1S/C29H34O6S/c1-30-24-10-4-21(5-11-24)16-33-19-28-29(35-18-23-8-14-26(32-3)15-9-23)27(20-36-28)34-17-22-6-12-25(31-2)13-7-22/h4-15,27-29H,16-20H2,1-3H3/t27-,28-,29-/m1/s1. The molecule has 0 radical (unpaired) electrons. The normalized spacial score (nSPS) is 19.2. The lowest BCUT2D eigenvalue weighted by Crippen LogP contribution is -2.36. The van der Waals surface area contributed by atoms with E-state index in [9.17, 15) is 0 Å². The zero-order chi connectivity index (χ0) is 25.2. The van der Waals surface area contributed by atoms with Gasteiger partial charge in [-0.3, -0.25) is 0 Å². The molecule has 6 nitrogen and oxygen atoms in total. The molecule has 3 atom stereocenters. The summed E-state index contributed by atoms with van der Waals surface area (Å²) in [6, 6.07) is 23.9. The summed E-state index contributed by atoms with van der Waals surface area (Å²) in [5.74, 6) is 3.37. The maximum absolute atomic E-state index is 6.44. The molecule has 3 aromatic carbocycles. The van der Waals surface area contributed by atoms with Crippen LogP contribution in [0.5, 0.6) is 17.2 Å². The molecule has 0 spiro atoms. The van der Waals surface area contributed by atoms with Crippen molar-refractivity contribution in [1.29, 1.82) is 0 Å². The molecule has 36 heavy (non-hydrogen) atoms. The van der Waals surface area contributed by atoms with E-state index in [1.165, 1.54) is 0 Å². The van der Waals surface area contributed by atoms with Gasteiger partial charge in [0.05, 0.1) is 65.2 Å². The minimum atomic E-state index is -0.0776. The van der Waals surface area contributed by atoms with E-state index in [2.05, 4.69) is 0 Å². The predicted molar refractivity (Wildman–Crippen MR) is 142 cm³/mol. The molecule has 0 N–H and O–H groups in total. The number of methoxy groups -OCH3 is 3. The molecule has 7 heteroatoms. The van der Waals surface area contributed by atoms with Crippen LogP contribution in [0.3, 0.4) is 0 Å². The highest BCUT2D eigenvalue weighted by atomic mass is 32.2. The van der Waals surface area contributed by atoms with Gasteiger partial charge in [-0.25, -0.2) is 0 Å². The van der Waals surface area contributed by atoms with Crippen LogP contribution in [-0.2, 0) is 34.0 Å². The molecule has 0 aromatic heterocycles. The lowest BCUT2D eigenvalue weighted by molar-refractivity contribution is -0.0768. The number of hydrogen-bond donors (Lipinski definition) is 0. The van der Waals surface area contributed by atoms with Gasteiger partial charge < -0.3 is 28.4 Å². The Morgan fingerprint density at radius 3 is 1.53 bits per heavy atom. The van der Waals surface area contributed by atoms with Gasteiger partial charge in [-0.1, -0.05) is 36.4 Å². The van der Waals surface area contributed by atoms with Crippen LogP contribution in [0.4, 0.5) is 0 Å². The summed E-state index contributed by atoms with van der Waals surface area (Å²) >= 11 is 1.85. The third-order valence-electron chi connectivity index (χ3n) is 6.14. The molecular weight excluding hydrogens is 476 g/mol. The third-order valence-corrected chi connectivity index (χ3v) is 7.50. The molecule has 0 aliphatic carbocycles. The van der Waals surface area contributed by atoms with E-state index in [4.69, 9.17) is 28.4 Å². The maximum Gasteiger partial charge on any atom is 0.118 e. The molecule has 3 aromatic rings. The van der Waals surface area contributed by atoms with Crippen LogP contribution in [0.25, 0.3) is 0 Å². The smallest absolute Gasteiger partial charge is 0.118 e. The second-order valence-corrected chi connectivity index (χ2v) is 9.83. The summed E-state index contributed by atoms with van der Waals surface area (Å²) in [6.07, 6.45) is -0.101. The van der Waals surface area contributed by atoms with Crippen molar-refractivity contribution in [3.05, 3.63) is 89.5 Å². The Morgan fingerprint density at radius 1 is 0.611 bits per heavy atom. The molecule has 192 valence electrons. The van der Waals surface area contributed by atoms with E-state index < -0.39 is 0 Å². The van der Waals surface area contributed by atoms with Crippen LogP contribution in [0, 0.1) is 0 Å². The number of benzene rings is 3. The lowest BCUT2D eigenvalue weighted by atomic mass is 10.1. The first-order valence-corrected chi connectivity index (χ1v) is 13.0. The third kappa shape index (κ3) is 7.40. The summed E-state index contributed by atoms with van der Waals surface area (Å²) in [6.45, 7) is 2.17. The molecule has 0 saturated carbocycles. The van der Waals surface area contributed by atoms with Crippen molar-refractivity contribution in [2.45, 2.75) is 37.3 Å². The van der Waals surface area contributed by atoms with Gasteiger partial charge in [0.25, 0.3) is 0 Å². The first kappa shape index (κ1) is 26.4. The monoisotopic (exact) mass is 510 g/mol. The van der Waals surface area contributed by atoms with E-state index in [1.54, 1.807) is 21.3 Å². The summed E-state index contributed by atoms with van der Waals surface area (Å²) in [5, 5.41) is 0.183. The van der Waals surface area contributed by atoms with Crippen LogP contribution in [0.1, 0.15) is 16.7 Å². The van der Waals surface area contributed by atoms with Gasteiger partial charge in [-0.15, -0.1) is 0 Å². The van der Waals surface area contributed by atoms with Crippen molar-refractivity contribution >= 4 is 11.8 Å². The van der Waals surface area contributed by atoms with Gasteiger partial charge in [-0.05, 0) is 53.1 Å². The molecular formula is C29H34O6S. The molecule has 0 bridgehead atoms. The molecule has 0 amide bonds. The van der Waals surface area contributed by atoms with E-state index in [0.717, 1.165) is 39.7 Å². The number of thioether (sulfide) groups is 1. The average molecular weight is 511 g/mol. The number of rotatable bonds is 13. The van der Waals surface area contributed by atoms with Crippen LogP contribution in [-0.4, -0.2) is 51.1 Å². The molecule has 1 heterocycles. The first-order chi connectivity index (χ1) is 17.7. The van der Waals surface area contributed by atoms with Gasteiger partial charge in [0, 0.05) is 5.75 Å². The van der Waals surface area contributed by atoms with Crippen molar-refractivity contribution in [1.82, 2.24) is 0 Å². The van der Waals surface area contributed by atoms with Gasteiger partial charge >= 0.3 is 0 Å². The highest BCUT2D eigenvalue weighted by Crippen LogP contribution is 2.33. The van der Waals surface area contributed by atoms with Gasteiger partial charge in [0.2, 0.25) is 0 Å². The Hall–Kier alpha value is -2.71. The SMILES string of the molecule is COc1ccc(COC[C@H]2SC[C@@H](OCc3ccc(OC)cc3)[C@H]2OCc2ccc(OC)cc2)cc1. The molecule has 0 unspecified atom stereocenters. The zero-order valence-corrected chi connectivity index (χ0v) is 21.9. The quantitative estimate of drug-likeness (QED) is 0.300. The Labute approximate surface area is 217 Å². The van der Waals surface area contributed by atoms with Crippen LogP contribution in [0.15, 0.2) is 72.8 Å². The molecule has 4 rings (SSSR count).